The maximum atomic E-state index is 14.6. The number of hydrogen-bond donors (Lipinski definition) is 0. The summed E-state index contributed by atoms with van der Waals surface area (Å²) in [6, 6.07) is 5.73. The van der Waals surface area contributed by atoms with Crippen LogP contribution in [0.1, 0.15) is 31.9 Å². The molecule has 1 aromatic heterocycles. The lowest BCUT2D eigenvalue weighted by molar-refractivity contribution is 0.0231. The Kier molecular flexibility index (Phi) is 4.35. The molecular weight excluding hydrogens is 299 g/mol. The molecule has 0 N–H and O–H groups in total. The fourth-order valence-corrected chi connectivity index (χ4v) is 3.12. The van der Waals surface area contributed by atoms with Gasteiger partial charge in [-0.1, -0.05) is 19.9 Å². The van der Waals surface area contributed by atoms with Crippen LogP contribution in [0.25, 0.3) is 10.9 Å². The molecule has 0 bridgehead atoms. The second-order valence-corrected chi connectivity index (χ2v) is 5.80. The molecule has 0 radical (unpaired) electrons. The van der Waals surface area contributed by atoms with Crippen molar-refractivity contribution in [3.63, 3.8) is 0 Å². The zero-order valence-electron chi connectivity index (χ0n) is 13.7. The summed E-state index contributed by atoms with van der Waals surface area (Å²) in [5, 5.41) is 0.755. The summed E-state index contributed by atoms with van der Waals surface area (Å²) in [6.07, 6.45) is -0.843. The normalized spacial score (nSPS) is 27.3. The zero-order valence-corrected chi connectivity index (χ0v) is 13.7. The molecule has 5 nitrogen and oxygen atoms in total. The maximum absolute atomic E-state index is 14.6. The van der Waals surface area contributed by atoms with Crippen LogP contribution in [0.5, 0.6) is 11.9 Å². The highest BCUT2D eigenvalue weighted by Crippen LogP contribution is 2.41. The molecule has 1 aliphatic heterocycles. The molecule has 6 heteroatoms. The van der Waals surface area contributed by atoms with Crippen LogP contribution in [0, 0.1) is 5.92 Å². The standard InChI is InChI=1S/C17H21FN2O3/c1-5-13-9(2)14(18)15(23-13)10-6-7-11-12(8-10)19-17(22-4)20-16(11)21-3/h6-9,13-15H,5H2,1-4H3/t9-,13-,14+,15+/m1/s1. The first-order valence-electron chi connectivity index (χ1n) is 7.78. The Morgan fingerprint density at radius 1 is 1.22 bits per heavy atom. The van der Waals surface area contributed by atoms with E-state index in [1.54, 1.807) is 7.11 Å². The summed E-state index contributed by atoms with van der Waals surface area (Å²) in [7, 11) is 3.04. The molecule has 1 aromatic carbocycles. The summed E-state index contributed by atoms with van der Waals surface area (Å²) >= 11 is 0. The van der Waals surface area contributed by atoms with Crippen molar-refractivity contribution < 1.29 is 18.6 Å². The predicted molar refractivity (Wildman–Crippen MR) is 84.6 cm³/mol. The minimum Gasteiger partial charge on any atom is -0.480 e. The lowest BCUT2D eigenvalue weighted by Gasteiger charge is -2.15. The number of ether oxygens (including phenoxy) is 3. The third kappa shape index (κ3) is 2.72. The van der Waals surface area contributed by atoms with Gasteiger partial charge in [0.2, 0.25) is 5.88 Å². The van der Waals surface area contributed by atoms with E-state index in [0.717, 1.165) is 17.4 Å². The summed E-state index contributed by atoms with van der Waals surface area (Å²) in [5.41, 5.74) is 1.42. The molecule has 0 aliphatic carbocycles. The number of halogens is 1. The monoisotopic (exact) mass is 320 g/mol. The van der Waals surface area contributed by atoms with Crippen LogP contribution in [-0.2, 0) is 4.74 Å². The summed E-state index contributed by atoms with van der Waals surface area (Å²) in [4.78, 5) is 8.48. The van der Waals surface area contributed by atoms with Gasteiger partial charge in [0.15, 0.2) is 0 Å². The quantitative estimate of drug-likeness (QED) is 0.863. The smallest absolute Gasteiger partial charge is 0.320 e. The van der Waals surface area contributed by atoms with E-state index in [9.17, 15) is 4.39 Å². The Morgan fingerprint density at radius 2 is 2.00 bits per heavy atom. The number of benzene rings is 1. The predicted octanol–water partition coefficient (Wildman–Crippen LogP) is 3.47. The molecule has 0 spiro atoms. The third-order valence-electron chi connectivity index (χ3n) is 4.47. The summed E-state index contributed by atoms with van der Waals surface area (Å²) in [6.45, 7) is 3.91. The third-order valence-corrected chi connectivity index (χ3v) is 4.47. The van der Waals surface area contributed by atoms with Gasteiger partial charge in [0, 0.05) is 5.92 Å². The Labute approximate surface area is 134 Å². The van der Waals surface area contributed by atoms with Gasteiger partial charge in [-0.3, -0.25) is 0 Å². The van der Waals surface area contributed by atoms with Crippen LogP contribution < -0.4 is 9.47 Å². The van der Waals surface area contributed by atoms with Gasteiger partial charge in [0.25, 0.3) is 0 Å². The number of fused-ring (bicyclic) bond motifs is 1. The minimum absolute atomic E-state index is 0.0554. The summed E-state index contributed by atoms with van der Waals surface area (Å²) < 4.78 is 30.9. The number of nitrogens with zero attached hydrogens (tertiary/aromatic N) is 2. The first-order valence-corrected chi connectivity index (χ1v) is 7.78. The van der Waals surface area contributed by atoms with Crippen molar-refractivity contribution >= 4 is 10.9 Å². The van der Waals surface area contributed by atoms with E-state index < -0.39 is 12.3 Å². The average molecular weight is 320 g/mol. The fourth-order valence-electron chi connectivity index (χ4n) is 3.12. The van der Waals surface area contributed by atoms with Crippen LogP contribution in [0.2, 0.25) is 0 Å². The molecule has 1 aliphatic rings. The van der Waals surface area contributed by atoms with Gasteiger partial charge in [-0.2, -0.15) is 9.97 Å². The lowest BCUT2D eigenvalue weighted by atomic mass is 9.95. The zero-order chi connectivity index (χ0) is 16.6. The van der Waals surface area contributed by atoms with Crippen LogP contribution >= 0.6 is 0 Å². The van der Waals surface area contributed by atoms with Gasteiger partial charge >= 0.3 is 6.01 Å². The van der Waals surface area contributed by atoms with Gasteiger partial charge in [0.05, 0.1) is 31.2 Å². The topological polar surface area (TPSA) is 53.5 Å². The number of rotatable bonds is 4. The number of alkyl halides is 1. The number of aromatic nitrogens is 2. The largest absolute Gasteiger partial charge is 0.480 e. The van der Waals surface area contributed by atoms with Crippen molar-refractivity contribution in [3.8, 4) is 11.9 Å². The molecule has 4 atom stereocenters. The molecule has 1 saturated heterocycles. The fraction of sp³-hybridized carbons (Fsp3) is 0.529. The van der Waals surface area contributed by atoms with Crippen molar-refractivity contribution in [2.45, 2.75) is 38.6 Å². The van der Waals surface area contributed by atoms with Crippen molar-refractivity contribution in [3.05, 3.63) is 23.8 Å². The van der Waals surface area contributed by atoms with E-state index in [-0.39, 0.29) is 18.0 Å². The van der Waals surface area contributed by atoms with Crippen LogP contribution in [0.15, 0.2) is 18.2 Å². The number of methoxy groups -OCH3 is 2. The second-order valence-electron chi connectivity index (χ2n) is 5.80. The molecule has 1 fully saturated rings. The Balaban J connectivity index is 2.03. The summed E-state index contributed by atoms with van der Waals surface area (Å²) in [5.74, 6) is 0.317. The molecule has 0 amide bonds. The Hall–Kier alpha value is -1.95. The average Bonchev–Trinajstić information content (AvgIpc) is 2.88. The van der Waals surface area contributed by atoms with Gasteiger partial charge < -0.3 is 14.2 Å². The van der Waals surface area contributed by atoms with Crippen molar-refractivity contribution in [1.29, 1.82) is 0 Å². The van der Waals surface area contributed by atoms with E-state index in [1.165, 1.54) is 7.11 Å². The van der Waals surface area contributed by atoms with Gasteiger partial charge in [-0.25, -0.2) is 4.39 Å². The Morgan fingerprint density at radius 3 is 2.61 bits per heavy atom. The van der Waals surface area contributed by atoms with E-state index in [0.29, 0.717) is 11.4 Å². The van der Waals surface area contributed by atoms with Crippen molar-refractivity contribution in [2.75, 3.05) is 14.2 Å². The van der Waals surface area contributed by atoms with E-state index >= 15 is 0 Å². The first kappa shape index (κ1) is 15.9. The molecule has 2 heterocycles. The highest BCUT2D eigenvalue weighted by atomic mass is 19.1. The SMILES string of the molecule is CC[C@H]1O[C@@H](c2ccc3c(OC)nc(OC)nc3c2)[C@@H](F)[C@@H]1C. The molecule has 124 valence electrons. The van der Waals surface area contributed by atoms with Gasteiger partial charge in [-0.15, -0.1) is 0 Å². The Bertz CT molecular complexity index is 710. The highest BCUT2D eigenvalue weighted by molar-refractivity contribution is 5.84. The maximum Gasteiger partial charge on any atom is 0.320 e. The molecular formula is C17H21FN2O3. The van der Waals surface area contributed by atoms with E-state index in [2.05, 4.69) is 9.97 Å². The van der Waals surface area contributed by atoms with E-state index in [1.807, 2.05) is 32.0 Å². The van der Waals surface area contributed by atoms with Gasteiger partial charge in [0.1, 0.15) is 12.3 Å². The molecule has 0 saturated carbocycles. The van der Waals surface area contributed by atoms with Crippen molar-refractivity contribution in [2.24, 2.45) is 5.92 Å². The first-order chi connectivity index (χ1) is 11.1. The molecule has 23 heavy (non-hydrogen) atoms. The number of hydrogen-bond acceptors (Lipinski definition) is 5. The highest BCUT2D eigenvalue weighted by Gasteiger charge is 2.42. The minimum atomic E-state index is -1.02. The molecule has 3 rings (SSSR count). The molecule has 0 unspecified atom stereocenters. The van der Waals surface area contributed by atoms with E-state index in [4.69, 9.17) is 14.2 Å². The second kappa shape index (κ2) is 6.28. The van der Waals surface area contributed by atoms with Crippen LogP contribution in [-0.4, -0.2) is 36.5 Å². The molecule has 2 aromatic rings. The van der Waals surface area contributed by atoms with Gasteiger partial charge in [-0.05, 0) is 24.1 Å². The van der Waals surface area contributed by atoms with Crippen LogP contribution in [0.4, 0.5) is 4.39 Å². The van der Waals surface area contributed by atoms with Crippen LogP contribution in [0.3, 0.4) is 0 Å². The lowest BCUT2D eigenvalue weighted by Crippen LogP contribution is -2.17. The van der Waals surface area contributed by atoms with Crippen molar-refractivity contribution in [1.82, 2.24) is 9.97 Å².